The van der Waals surface area contributed by atoms with Crippen LogP contribution in [0.15, 0.2) is 42.6 Å². The van der Waals surface area contributed by atoms with Crippen LogP contribution in [0.25, 0.3) is 10.9 Å². The average molecular weight is 286 g/mol. The van der Waals surface area contributed by atoms with Crippen molar-refractivity contribution < 1.29 is 4.74 Å². The summed E-state index contributed by atoms with van der Waals surface area (Å²) in [5.41, 5.74) is 7.82. The SMILES string of the molecule is Cc1nc(Oc2ccc(Cl)c3cccnc23)ccc1N. The van der Waals surface area contributed by atoms with Crippen molar-refractivity contribution in [3.8, 4) is 11.6 Å². The van der Waals surface area contributed by atoms with Crippen molar-refractivity contribution in [2.45, 2.75) is 6.92 Å². The predicted molar refractivity (Wildman–Crippen MR) is 80.2 cm³/mol. The first-order valence-corrected chi connectivity index (χ1v) is 6.47. The van der Waals surface area contributed by atoms with Crippen LogP contribution in [-0.4, -0.2) is 9.97 Å². The number of pyridine rings is 2. The summed E-state index contributed by atoms with van der Waals surface area (Å²) in [6.45, 7) is 1.83. The molecular formula is C15H12ClN3O. The van der Waals surface area contributed by atoms with Crippen LogP contribution in [0.1, 0.15) is 5.69 Å². The Morgan fingerprint density at radius 1 is 1.15 bits per heavy atom. The van der Waals surface area contributed by atoms with Gasteiger partial charge in [0.2, 0.25) is 5.88 Å². The fraction of sp³-hybridized carbons (Fsp3) is 0.0667. The number of nitrogen functional groups attached to an aromatic ring is 1. The largest absolute Gasteiger partial charge is 0.437 e. The minimum absolute atomic E-state index is 0.478. The monoisotopic (exact) mass is 285 g/mol. The molecule has 0 atom stereocenters. The third-order valence-electron chi connectivity index (χ3n) is 3.00. The third kappa shape index (κ3) is 2.26. The zero-order chi connectivity index (χ0) is 14.1. The van der Waals surface area contributed by atoms with E-state index in [2.05, 4.69) is 9.97 Å². The molecule has 5 heteroatoms. The summed E-state index contributed by atoms with van der Waals surface area (Å²) in [4.78, 5) is 8.61. The van der Waals surface area contributed by atoms with Crippen molar-refractivity contribution in [2.75, 3.05) is 5.73 Å². The van der Waals surface area contributed by atoms with Gasteiger partial charge >= 0.3 is 0 Å². The van der Waals surface area contributed by atoms with Crippen molar-refractivity contribution in [2.24, 2.45) is 0 Å². The van der Waals surface area contributed by atoms with Gasteiger partial charge in [0.1, 0.15) is 5.52 Å². The van der Waals surface area contributed by atoms with Crippen molar-refractivity contribution in [3.05, 3.63) is 53.3 Å². The highest BCUT2D eigenvalue weighted by molar-refractivity contribution is 6.35. The summed E-state index contributed by atoms with van der Waals surface area (Å²) in [5.74, 6) is 1.09. The van der Waals surface area contributed by atoms with E-state index in [1.54, 1.807) is 30.5 Å². The van der Waals surface area contributed by atoms with Crippen LogP contribution >= 0.6 is 11.6 Å². The lowest BCUT2D eigenvalue weighted by Crippen LogP contribution is -1.96. The minimum Gasteiger partial charge on any atom is -0.437 e. The third-order valence-corrected chi connectivity index (χ3v) is 3.32. The zero-order valence-corrected chi connectivity index (χ0v) is 11.6. The summed E-state index contributed by atoms with van der Waals surface area (Å²) < 4.78 is 5.79. The molecule has 100 valence electrons. The molecular weight excluding hydrogens is 274 g/mol. The lowest BCUT2D eigenvalue weighted by molar-refractivity contribution is 0.466. The van der Waals surface area contributed by atoms with Gasteiger partial charge in [0.05, 0.1) is 16.4 Å². The molecule has 2 N–H and O–H groups in total. The molecule has 3 aromatic rings. The van der Waals surface area contributed by atoms with E-state index in [1.807, 2.05) is 19.1 Å². The molecule has 0 saturated carbocycles. The standard InChI is InChI=1S/C15H12ClN3O/c1-9-12(17)5-7-14(19-9)20-13-6-4-11(16)10-3-2-8-18-15(10)13/h2-8H,17H2,1H3. The molecule has 2 aromatic heterocycles. The number of hydrogen-bond donors (Lipinski definition) is 1. The Morgan fingerprint density at radius 2 is 2.00 bits per heavy atom. The van der Waals surface area contributed by atoms with E-state index in [0.717, 1.165) is 11.1 Å². The number of nitrogens with two attached hydrogens (primary N) is 1. The molecule has 0 radical (unpaired) electrons. The Balaban J connectivity index is 2.06. The highest BCUT2D eigenvalue weighted by atomic mass is 35.5. The quantitative estimate of drug-likeness (QED) is 0.774. The fourth-order valence-corrected chi connectivity index (χ4v) is 2.13. The Hall–Kier alpha value is -2.33. The lowest BCUT2D eigenvalue weighted by atomic mass is 10.2. The normalized spacial score (nSPS) is 10.7. The van der Waals surface area contributed by atoms with Gasteiger partial charge in [0, 0.05) is 17.6 Å². The molecule has 0 saturated heterocycles. The minimum atomic E-state index is 0.478. The topological polar surface area (TPSA) is 61.0 Å². The van der Waals surface area contributed by atoms with E-state index in [-0.39, 0.29) is 0 Å². The number of aromatic nitrogens is 2. The van der Waals surface area contributed by atoms with Crippen molar-refractivity contribution in [1.82, 2.24) is 9.97 Å². The maximum Gasteiger partial charge on any atom is 0.219 e. The van der Waals surface area contributed by atoms with Crippen LogP contribution in [0.4, 0.5) is 5.69 Å². The zero-order valence-electron chi connectivity index (χ0n) is 10.8. The average Bonchev–Trinajstić information content (AvgIpc) is 2.46. The highest BCUT2D eigenvalue weighted by Gasteiger charge is 2.09. The lowest BCUT2D eigenvalue weighted by Gasteiger charge is -2.09. The number of fused-ring (bicyclic) bond motifs is 1. The molecule has 0 fully saturated rings. The second-order valence-corrected chi connectivity index (χ2v) is 4.78. The number of aryl methyl sites for hydroxylation is 1. The summed E-state index contributed by atoms with van der Waals surface area (Å²) in [6.07, 6.45) is 1.70. The molecule has 0 spiro atoms. The summed E-state index contributed by atoms with van der Waals surface area (Å²) in [7, 11) is 0. The first-order valence-electron chi connectivity index (χ1n) is 6.09. The number of anilines is 1. The number of nitrogens with zero attached hydrogens (tertiary/aromatic N) is 2. The van der Waals surface area contributed by atoms with Crippen molar-refractivity contribution in [1.29, 1.82) is 0 Å². The van der Waals surface area contributed by atoms with Crippen molar-refractivity contribution >= 4 is 28.2 Å². The second-order valence-electron chi connectivity index (χ2n) is 4.37. The van der Waals surface area contributed by atoms with Gasteiger partial charge in [-0.25, -0.2) is 4.98 Å². The van der Waals surface area contributed by atoms with Crippen LogP contribution in [-0.2, 0) is 0 Å². The second kappa shape index (κ2) is 4.98. The van der Waals surface area contributed by atoms with Gasteiger partial charge in [-0.15, -0.1) is 0 Å². The molecule has 3 rings (SSSR count). The van der Waals surface area contributed by atoms with E-state index in [0.29, 0.717) is 27.9 Å². The van der Waals surface area contributed by atoms with E-state index in [9.17, 15) is 0 Å². The van der Waals surface area contributed by atoms with Crippen LogP contribution < -0.4 is 10.5 Å². The number of ether oxygens (including phenoxy) is 1. The van der Waals surface area contributed by atoms with Gasteiger partial charge in [-0.2, -0.15) is 0 Å². The molecule has 0 aliphatic carbocycles. The molecule has 0 unspecified atom stereocenters. The summed E-state index contributed by atoms with van der Waals surface area (Å²) >= 11 is 6.15. The van der Waals surface area contributed by atoms with E-state index in [4.69, 9.17) is 22.1 Å². The maximum atomic E-state index is 6.15. The van der Waals surface area contributed by atoms with Crippen molar-refractivity contribution in [3.63, 3.8) is 0 Å². The molecule has 0 aliphatic heterocycles. The van der Waals surface area contributed by atoms with E-state index >= 15 is 0 Å². The highest BCUT2D eigenvalue weighted by Crippen LogP contribution is 2.32. The Morgan fingerprint density at radius 3 is 2.80 bits per heavy atom. The number of rotatable bonds is 2. The Bertz CT molecular complexity index is 789. The molecule has 0 amide bonds. The number of hydrogen-bond acceptors (Lipinski definition) is 4. The molecule has 0 bridgehead atoms. The first kappa shape index (κ1) is 12.7. The molecule has 4 nitrogen and oxygen atoms in total. The van der Waals surface area contributed by atoms with Gasteiger partial charge < -0.3 is 10.5 Å². The van der Waals surface area contributed by atoms with Gasteiger partial charge in [0.15, 0.2) is 5.75 Å². The maximum absolute atomic E-state index is 6.15. The smallest absolute Gasteiger partial charge is 0.219 e. The van der Waals surface area contributed by atoms with Gasteiger partial charge in [-0.05, 0) is 37.3 Å². The van der Waals surface area contributed by atoms with Gasteiger partial charge in [-0.3, -0.25) is 4.98 Å². The van der Waals surface area contributed by atoms with Gasteiger partial charge in [0.25, 0.3) is 0 Å². The molecule has 20 heavy (non-hydrogen) atoms. The van der Waals surface area contributed by atoms with E-state index < -0.39 is 0 Å². The number of benzene rings is 1. The predicted octanol–water partition coefficient (Wildman–Crippen LogP) is 3.97. The summed E-state index contributed by atoms with van der Waals surface area (Å²) in [5, 5.41) is 1.49. The van der Waals surface area contributed by atoms with Crippen LogP contribution in [0.2, 0.25) is 5.02 Å². The van der Waals surface area contributed by atoms with Crippen LogP contribution in [0.3, 0.4) is 0 Å². The fourth-order valence-electron chi connectivity index (χ4n) is 1.91. The van der Waals surface area contributed by atoms with E-state index in [1.165, 1.54) is 0 Å². The molecule has 2 heterocycles. The molecule has 0 aliphatic rings. The van der Waals surface area contributed by atoms with Crippen LogP contribution in [0.5, 0.6) is 11.6 Å². The first-order chi connectivity index (χ1) is 9.65. The summed E-state index contributed by atoms with van der Waals surface area (Å²) in [6, 6.07) is 10.8. The Kier molecular flexibility index (Phi) is 3.16. The Labute approximate surface area is 121 Å². The molecule has 1 aromatic carbocycles. The number of halogens is 1. The van der Waals surface area contributed by atoms with Gasteiger partial charge in [-0.1, -0.05) is 11.6 Å². The van der Waals surface area contributed by atoms with Crippen LogP contribution in [0, 0.1) is 6.92 Å².